The minimum Gasteiger partial charge on any atom is -0.385 e. The van der Waals surface area contributed by atoms with E-state index in [1.54, 1.807) is 0 Å². The van der Waals surface area contributed by atoms with E-state index in [1.165, 1.54) is 53.0 Å². The quantitative estimate of drug-likeness (QED) is 0.219. The summed E-state index contributed by atoms with van der Waals surface area (Å²) in [5.74, 6) is 0.701. The summed E-state index contributed by atoms with van der Waals surface area (Å²) in [6, 6.07) is 41.0. The van der Waals surface area contributed by atoms with Gasteiger partial charge in [0.1, 0.15) is 5.82 Å². The van der Waals surface area contributed by atoms with Gasteiger partial charge in [0, 0.05) is 43.5 Å². The lowest BCUT2D eigenvalue weighted by atomic mass is 10.1. The fourth-order valence-corrected chi connectivity index (χ4v) is 7.31. The summed E-state index contributed by atoms with van der Waals surface area (Å²) in [7, 11) is 0. The molecule has 0 saturated heterocycles. The van der Waals surface area contributed by atoms with Gasteiger partial charge in [-0.15, -0.1) is 11.3 Å². The van der Waals surface area contributed by atoms with Crippen molar-refractivity contribution in [2.45, 2.75) is 6.92 Å². The summed E-state index contributed by atoms with van der Waals surface area (Å²) in [5, 5.41) is 6.14. The van der Waals surface area contributed by atoms with Crippen molar-refractivity contribution in [3.8, 4) is 5.69 Å². The van der Waals surface area contributed by atoms with Crippen LogP contribution >= 0.6 is 11.3 Å². The Balaban J connectivity index is 1.45. The highest BCUT2D eigenvalue weighted by atomic mass is 32.1. The normalized spacial score (nSPS) is 12.9. The number of hydrogen-bond acceptors (Lipinski definition) is 2. The maximum Gasteiger partial charge on any atom is 0.108 e. The molecule has 0 saturated carbocycles. The molecule has 0 atom stereocenters. The molecule has 4 heteroatoms. The highest BCUT2D eigenvalue weighted by Crippen LogP contribution is 2.43. The molecule has 0 amide bonds. The highest BCUT2D eigenvalue weighted by molar-refractivity contribution is 7.26. The minimum absolute atomic E-state index is 0.701. The summed E-state index contributed by atoms with van der Waals surface area (Å²) >= 11 is 1.84. The van der Waals surface area contributed by atoms with Crippen LogP contribution < -0.4 is 5.73 Å². The molecule has 0 fully saturated rings. The van der Waals surface area contributed by atoms with Crippen LogP contribution in [0.5, 0.6) is 0 Å². The van der Waals surface area contributed by atoms with Gasteiger partial charge in [0.25, 0.3) is 0 Å². The molecule has 196 valence electrons. The lowest BCUT2D eigenvalue weighted by Gasteiger charge is -2.09. The van der Waals surface area contributed by atoms with E-state index in [0.29, 0.717) is 5.82 Å². The first-order valence-corrected chi connectivity index (χ1v) is 14.6. The number of para-hydroxylation sites is 1. The lowest BCUT2D eigenvalue weighted by molar-refractivity contribution is 1.13. The Morgan fingerprint density at radius 1 is 0.683 bits per heavy atom. The number of thiophene rings is 1. The average Bonchev–Trinajstić information content (AvgIpc) is 3.71. The van der Waals surface area contributed by atoms with E-state index in [2.05, 4.69) is 138 Å². The van der Waals surface area contributed by atoms with E-state index in [9.17, 15) is 0 Å². The third-order valence-corrected chi connectivity index (χ3v) is 9.30. The van der Waals surface area contributed by atoms with E-state index in [4.69, 9.17) is 5.73 Å². The molecule has 2 N–H and O–H groups in total. The van der Waals surface area contributed by atoms with Gasteiger partial charge >= 0.3 is 0 Å². The Hall–Kier alpha value is -5.06. The third-order valence-electron chi connectivity index (χ3n) is 8.11. The zero-order valence-corrected chi connectivity index (χ0v) is 23.4. The first-order chi connectivity index (χ1) is 20.2. The Labute approximate surface area is 241 Å². The van der Waals surface area contributed by atoms with Gasteiger partial charge in [-0.25, -0.2) is 0 Å². The first kappa shape index (κ1) is 23.8. The number of fused-ring (bicyclic) bond motifs is 8. The van der Waals surface area contributed by atoms with Gasteiger partial charge in [-0.3, -0.25) is 4.57 Å². The Kier molecular flexibility index (Phi) is 5.37. The highest BCUT2D eigenvalue weighted by Gasteiger charge is 2.19. The second-order valence-electron chi connectivity index (χ2n) is 10.5. The monoisotopic (exact) mass is 545 g/mol. The second kappa shape index (κ2) is 9.26. The average molecular weight is 546 g/mol. The molecule has 8 rings (SSSR count). The van der Waals surface area contributed by atoms with Crippen LogP contribution in [0.2, 0.25) is 0 Å². The van der Waals surface area contributed by atoms with Crippen LogP contribution in [0, 0.1) is 0 Å². The number of nitrogens with zero attached hydrogens (tertiary/aromatic N) is 2. The lowest BCUT2D eigenvalue weighted by Crippen LogP contribution is -2.05. The van der Waals surface area contributed by atoms with Crippen LogP contribution in [0.4, 0.5) is 0 Å². The maximum atomic E-state index is 7.00. The van der Waals surface area contributed by atoms with Crippen molar-refractivity contribution in [2.24, 2.45) is 5.73 Å². The molecule has 0 radical (unpaired) electrons. The van der Waals surface area contributed by atoms with Gasteiger partial charge in [-0.05, 0) is 60.5 Å². The number of rotatable bonds is 4. The fraction of sp³-hybridized carbons (Fsp3) is 0.0270. The van der Waals surface area contributed by atoms with E-state index in [1.807, 2.05) is 23.5 Å². The topological polar surface area (TPSA) is 35.9 Å². The van der Waals surface area contributed by atoms with Crippen molar-refractivity contribution < 1.29 is 0 Å². The molecule has 0 spiro atoms. The molecule has 3 heterocycles. The van der Waals surface area contributed by atoms with Crippen LogP contribution in [0.25, 0.3) is 70.0 Å². The Bertz CT molecular complexity index is 2310. The van der Waals surface area contributed by atoms with Gasteiger partial charge in [-0.2, -0.15) is 0 Å². The minimum atomic E-state index is 0.701. The molecule has 0 unspecified atom stereocenters. The maximum absolute atomic E-state index is 7.00. The molecule has 0 bridgehead atoms. The van der Waals surface area contributed by atoms with Crippen molar-refractivity contribution in [1.82, 2.24) is 9.13 Å². The summed E-state index contributed by atoms with van der Waals surface area (Å²) in [6.45, 7) is 2.13. The van der Waals surface area contributed by atoms with Gasteiger partial charge in [-0.1, -0.05) is 84.9 Å². The summed E-state index contributed by atoms with van der Waals surface area (Å²) in [6.07, 6.45) is 6.32. The van der Waals surface area contributed by atoms with E-state index in [0.717, 1.165) is 16.7 Å². The molecule has 0 aliphatic heterocycles. The molecule has 0 aliphatic carbocycles. The van der Waals surface area contributed by atoms with Gasteiger partial charge in [0.05, 0.1) is 21.3 Å². The summed E-state index contributed by atoms with van der Waals surface area (Å²) in [4.78, 5) is 0. The predicted octanol–water partition coefficient (Wildman–Crippen LogP) is 9.97. The molecule has 5 aromatic carbocycles. The fourth-order valence-electron chi connectivity index (χ4n) is 6.07. The molecule has 3 aromatic heterocycles. The van der Waals surface area contributed by atoms with E-state index < -0.39 is 0 Å². The molecule has 3 nitrogen and oxygen atoms in total. The van der Waals surface area contributed by atoms with Crippen molar-refractivity contribution in [1.29, 1.82) is 0 Å². The van der Waals surface area contributed by atoms with Crippen LogP contribution in [-0.2, 0) is 0 Å². The van der Waals surface area contributed by atoms with E-state index >= 15 is 0 Å². The standard InChI is InChI=1S/C37H27N3S/c1-24(25-10-4-2-5-11-25)16-19-35(38)40-33-22-26-20-21-39(27-12-6-3-7-13-27)32(26)23-31(33)29-17-18-30-28-14-8-9-15-34(28)41-37(30)36(29)40/h2-23H,38H2,1H3/b24-16+,35-19+. The van der Waals surface area contributed by atoms with Crippen LogP contribution in [0.3, 0.4) is 0 Å². The first-order valence-electron chi connectivity index (χ1n) is 13.8. The smallest absolute Gasteiger partial charge is 0.108 e. The van der Waals surface area contributed by atoms with Crippen molar-refractivity contribution >= 4 is 75.6 Å². The largest absolute Gasteiger partial charge is 0.385 e. The molecular weight excluding hydrogens is 518 g/mol. The Morgan fingerprint density at radius 3 is 2.24 bits per heavy atom. The summed E-state index contributed by atoms with van der Waals surface area (Å²) in [5.41, 5.74) is 14.0. The molecular formula is C37H27N3S. The number of hydrogen-bond donors (Lipinski definition) is 1. The number of aromatic nitrogens is 2. The number of allylic oxidation sites excluding steroid dienone is 3. The molecule has 8 aromatic rings. The molecule has 0 aliphatic rings. The van der Waals surface area contributed by atoms with Crippen molar-refractivity contribution in [3.05, 3.63) is 139 Å². The number of benzene rings is 5. The third kappa shape index (κ3) is 3.72. The number of nitrogens with two attached hydrogens (primary N) is 1. The zero-order valence-electron chi connectivity index (χ0n) is 22.6. The van der Waals surface area contributed by atoms with Crippen LogP contribution in [0.15, 0.2) is 134 Å². The predicted molar refractivity (Wildman–Crippen MR) is 178 cm³/mol. The van der Waals surface area contributed by atoms with Crippen molar-refractivity contribution in [2.75, 3.05) is 0 Å². The van der Waals surface area contributed by atoms with Gasteiger partial charge < -0.3 is 10.3 Å². The van der Waals surface area contributed by atoms with E-state index in [-0.39, 0.29) is 0 Å². The zero-order chi connectivity index (χ0) is 27.5. The van der Waals surface area contributed by atoms with Crippen LogP contribution in [-0.4, -0.2) is 9.13 Å². The second-order valence-corrected chi connectivity index (χ2v) is 11.6. The van der Waals surface area contributed by atoms with Gasteiger partial charge in [0.15, 0.2) is 0 Å². The molecule has 41 heavy (non-hydrogen) atoms. The SMILES string of the molecule is C/C(=C\C=C(/N)n1c2cc3ccn(-c4ccccc4)c3cc2c2ccc3c4ccccc4sc3c21)c1ccccc1. The van der Waals surface area contributed by atoms with Gasteiger partial charge in [0.2, 0.25) is 0 Å². The van der Waals surface area contributed by atoms with Crippen molar-refractivity contribution in [3.63, 3.8) is 0 Å². The van der Waals surface area contributed by atoms with Crippen LogP contribution in [0.1, 0.15) is 12.5 Å². The Morgan fingerprint density at radius 2 is 1.41 bits per heavy atom. The summed E-state index contributed by atoms with van der Waals surface area (Å²) < 4.78 is 7.07.